The highest BCUT2D eigenvalue weighted by Gasteiger charge is 2.03. The maximum atomic E-state index is 8.73. The molecule has 0 spiro atoms. The molecule has 0 aliphatic rings. The van der Waals surface area contributed by atoms with Crippen LogP contribution in [0.15, 0.2) is 10.6 Å². The van der Waals surface area contributed by atoms with E-state index in [1.807, 2.05) is 6.07 Å². The summed E-state index contributed by atoms with van der Waals surface area (Å²) in [5.41, 5.74) is 1.07. The Morgan fingerprint density at radius 2 is 1.72 bits per heavy atom. The molecule has 18 heavy (non-hydrogen) atoms. The molecule has 0 aliphatic heterocycles. The molecule has 0 amide bonds. The zero-order valence-electron chi connectivity index (χ0n) is 11.7. The van der Waals surface area contributed by atoms with Gasteiger partial charge in [-0.3, -0.25) is 0 Å². The molecule has 3 nitrogen and oxygen atoms in total. The fourth-order valence-corrected chi connectivity index (χ4v) is 2.11. The molecule has 0 bridgehead atoms. The molecule has 1 N–H and O–H groups in total. The first-order valence-corrected chi connectivity index (χ1v) is 7.42. The lowest BCUT2D eigenvalue weighted by Gasteiger charge is -1.99. The summed E-state index contributed by atoms with van der Waals surface area (Å²) >= 11 is 0. The van der Waals surface area contributed by atoms with Gasteiger partial charge in [0.1, 0.15) is 5.76 Å². The Kier molecular flexibility index (Phi) is 8.57. The monoisotopic (exact) mass is 253 g/mol. The number of aliphatic hydroxyl groups excluding tert-OH is 1. The van der Waals surface area contributed by atoms with Gasteiger partial charge in [-0.15, -0.1) is 0 Å². The third-order valence-electron chi connectivity index (χ3n) is 3.23. The molecule has 0 aliphatic carbocycles. The van der Waals surface area contributed by atoms with Crippen molar-refractivity contribution in [2.75, 3.05) is 6.61 Å². The van der Waals surface area contributed by atoms with Crippen molar-refractivity contribution in [3.05, 3.63) is 17.5 Å². The third-order valence-corrected chi connectivity index (χ3v) is 3.23. The van der Waals surface area contributed by atoms with Crippen LogP contribution in [0, 0.1) is 0 Å². The lowest BCUT2D eigenvalue weighted by atomic mass is 10.1. The number of aryl methyl sites for hydroxylation is 2. The van der Waals surface area contributed by atoms with E-state index >= 15 is 0 Å². The molecule has 0 radical (unpaired) electrons. The Hall–Kier alpha value is -0.830. The van der Waals surface area contributed by atoms with E-state index in [1.54, 1.807) is 0 Å². The minimum atomic E-state index is 0.216. The van der Waals surface area contributed by atoms with Gasteiger partial charge in [-0.2, -0.15) is 0 Å². The standard InChI is InChI=1S/C15H27NO2/c1-2-3-4-5-6-7-8-10-14-13-15(18-16-14)11-9-12-17/h13,17H,2-12H2,1H3. The van der Waals surface area contributed by atoms with Crippen molar-refractivity contribution in [2.24, 2.45) is 0 Å². The zero-order chi connectivity index (χ0) is 13.1. The highest BCUT2D eigenvalue weighted by molar-refractivity contribution is 5.05. The highest BCUT2D eigenvalue weighted by Crippen LogP contribution is 2.12. The van der Waals surface area contributed by atoms with Crippen molar-refractivity contribution < 1.29 is 9.63 Å². The van der Waals surface area contributed by atoms with Gasteiger partial charge in [0.05, 0.1) is 5.69 Å². The van der Waals surface area contributed by atoms with E-state index in [-0.39, 0.29) is 6.61 Å². The Morgan fingerprint density at radius 1 is 1.00 bits per heavy atom. The normalized spacial score (nSPS) is 11.0. The molecular weight excluding hydrogens is 226 g/mol. The van der Waals surface area contributed by atoms with Gasteiger partial charge in [0.25, 0.3) is 0 Å². The minimum absolute atomic E-state index is 0.216. The van der Waals surface area contributed by atoms with E-state index in [4.69, 9.17) is 9.63 Å². The summed E-state index contributed by atoms with van der Waals surface area (Å²) in [4.78, 5) is 0. The highest BCUT2D eigenvalue weighted by atomic mass is 16.5. The van der Waals surface area contributed by atoms with Gasteiger partial charge in [-0.1, -0.05) is 50.6 Å². The summed E-state index contributed by atoms with van der Waals surface area (Å²) in [5.74, 6) is 0.905. The number of hydrogen-bond donors (Lipinski definition) is 1. The number of unbranched alkanes of at least 4 members (excludes halogenated alkanes) is 6. The van der Waals surface area contributed by atoms with Crippen LogP contribution in [-0.4, -0.2) is 16.9 Å². The second kappa shape index (κ2) is 10.1. The van der Waals surface area contributed by atoms with Crippen LogP contribution in [0.4, 0.5) is 0 Å². The largest absolute Gasteiger partial charge is 0.396 e. The summed E-state index contributed by atoms with van der Waals surface area (Å²) in [6, 6.07) is 2.03. The Balaban J connectivity index is 2.03. The number of nitrogens with zero attached hydrogens (tertiary/aromatic N) is 1. The van der Waals surface area contributed by atoms with Gasteiger partial charge in [0.15, 0.2) is 0 Å². The molecule has 1 aromatic heterocycles. The molecule has 0 aromatic carbocycles. The molecule has 1 rings (SSSR count). The predicted molar refractivity (Wildman–Crippen MR) is 73.6 cm³/mol. The van der Waals surface area contributed by atoms with E-state index in [1.165, 1.54) is 44.9 Å². The quantitative estimate of drug-likeness (QED) is 0.608. The van der Waals surface area contributed by atoms with Gasteiger partial charge in [0.2, 0.25) is 0 Å². The van der Waals surface area contributed by atoms with Gasteiger partial charge in [-0.05, 0) is 19.3 Å². The molecule has 0 saturated carbocycles. The lowest BCUT2D eigenvalue weighted by Crippen LogP contribution is -1.87. The molecule has 0 atom stereocenters. The van der Waals surface area contributed by atoms with Crippen LogP contribution in [-0.2, 0) is 12.8 Å². The summed E-state index contributed by atoms with van der Waals surface area (Å²) < 4.78 is 5.22. The Morgan fingerprint density at radius 3 is 2.44 bits per heavy atom. The van der Waals surface area contributed by atoms with E-state index < -0.39 is 0 Å². The average molecular weight is 253 g/mol. The molecule has 0 fully saturated rings. The fraction of sp³-hybridized carbons (Fsp3) is 0.800. The summed E-state index contributed by atoms with van der Waals surface area (Å²) in [7, 11) is 0. The van der Waals surface area contributed by atoms with Gasteiger partial charge in [0, 0.05) is 19.1 Å². The predicted octanol–water partition coefficient (Wildman–Crippen LogP) is 3.89. The second-order valence-corrected chi connectivity index (χ2v) is 4.98. The van der Waals surface area contributed by atoms with E-state index in [0.717, 1.165) is 30.7 Å². The van der Waals surface area contributed by atoms with E-state index in [9.17, 15) is 0 Å². The SMILES string of the molecule is CCCCCCCCCc1cc(CCCO)on1. The van der Waals surface area contributed by atoms with Crippen molar-refractivity contribution in [1.82, 2.24) is 5.16 Å². The number of rotatable bonds is 11. The third kappa shape index (κ3) is 6.80. The molecule has 1 aromatic rings. The maximum Gasteiger partial charge on any atom is 0.137 e. The number of hydrogen-bond acceptors (Lipinski definition) is 3. The van der Waals surface area contributed by atoms with Crippen molar-refractivity contribution in [3.63, 3.8) is 0 Å². The second-order valence-electron chi connectivity index (χ2n) is 4.98. The first-order valence-electron chi connectivity index (χ1n) is 7.42. The van der Waals surface area contributed by atoms with Crippen LogP contribution < -0.4 is 0 Å². The number of aliphatic hydroxyl groups is 1. The molecular formula is C15H27NO2. The van der Waals surface area contributed by atoms with Crippen LogP contribution in [0.1, 0.15) is 69.7 Å². The van der Waals surface area contributed by atoms with Crippen molar-refractivity contribution in [2.45, 2.75) is 71.1 Å². The topological polar surface area (TPSA) is 46.3 Å². The van der Waals surface area contributed by atoms with Gasteiger partial charge >= 0.3 is 0 Å². The van der Waals surface area contributed by atoms with Gasteiger partial charge in [-0.25, -0.2) is 0 Å². The maximum absolute atomic E-state index is 8.73. The molecule has 1 heterocycles. The van der Waals surface area contributed by atoms with Crippen molar-refractivity contribution in [1.29, 1.82) is 0 Å². The first kappa shape index (κ1) is 15.2. The van der Waals surface area contributed by atoms with Crippen LogP contribution in [0.25, 0.3) is 0 Å². The molecule has 3 heteroatoms. The Labute approximate surface area is 111 Å². The van der Waals surface area contributed by atoms with E-state index in [2.05, 4.69) is 12.1 Å². The summed E-state index contributed by atoms with van der Waals surface area (Å²) in [6.07, 6.45) is 11.9. The minimum Gasteiger partial charge on any atom is -0.396 e. The van der Waals surface area contributed by atoms with Crippen LogP contribution in [0.5, 0.6) is 0 Å². The number of aromatic nitrogens is 1. The van der Waals surface area contributed by atoms with Gasteiger partial charge < -0.3 is 9.63 Å². The fourth-order valence-electron chi connectivity index (χ4n) is 2.11. The van der Waals surface area contributed by atoms with Crippen molar-refractivity contribution in [3.8, 4) is 0 Å². The van der Waals surface area contributed by atoms with Crippen LogP contribution in [0.2, 0.25) is 0 Å². The molecule has 0 unspecified atom stereocenters. The smallest absolute Gasteiger partial charge is 0.137 e. The zero-order valence-corrected chi connectivity index (χ0v) is 11.7. The summed E-state index contributed by atoms with van der Waals surface area (Å²) in [5, 5.41) is 12.8. The lowest BCUT2D eigenvalue weighted by molar-refractivity contribution is 0.279. The van der Waals surface area contributed by atoms with Crippen molar-refractivity contribution >= 4 is 0 Å². The van der Waals surface area contributed by atoms with E-state index in [0.29, 0.717) is 0 Å². The first-order chi connectivity index (χ1) is 8.86. The average Bonchev–Trinajstić information content (AvgIpc) is 2.83. The Bertz CT molecular complexity index is 296. The van der Waals surface area contributed by atoms with Crippen LogP contribution in [0.3, 0.4) is 0 Å². The summed E-state index contributed by atoms with van der Waals surface area (Å²) in [6.45, 7) is 2.47. The molecule has 0 saturated heterocycles. The van der Waals surface area contributed by atoms with Crippen LogP contribution >= 0.6 is 0 Å². The molecule has 104 valence electrons.